The second-order valence-corrected chi connectivity index (χ2v) is 4.76. The molecule has 0 fully saturated rings. The summed E-state index contributed by atoms with van der Waals surface area (Å²) in [5.41, 5.74) is 2.49. The molecule has 110 valence electrons. The number of anilines is 2. The molecule has 0 saturated carbocycles. The first kappa shape index (κ1) is 15.0. The highest BCUT2D eigenvalue weighted by atomic mass is 19.1. The average molecular weight is 287 g/mol. The van der Waals surface area contributed by atoms with Gasteiger partial charge in [-0.1, -0.05) is 6.92 Å². The highest BCUT2D eigenvalue weighted by molar-refractivity contribution is 6.08. The van der Waals surface area contributed by atoms with E-state index in [1.807, 2.05) is 6.92 Å². The van der Waals surface area contributed by atoms with Gasteiger partial charge in [-0.15, -0.1) is 0 Å². The van der Waals surface area contributed by atoms with Crippen LogP contribution in [0.2, 0.25) is 0 Å². The highest BCUT2D eigenvalue weighted by Crippen LogP contribution is 2.19. The summed E-state index contributed by atoms with van der Waals surface area (Å²) in [5.74, 6) is -0.564. The van der Waals surface area contributed by atoms with Gasteiger partial charge in [0.15, 0.2) is 0 Å². The van der Waals surface area contributed by atoms with Crippen LogP contribution in [-0.4, -0.2) is 17.4 Å². The first-order valence-corrected chi connectivity index (χ1v) is 6.87. The molecular formula is C16H18FN3O. The van der Waals surface area contributed by atoms with Gasteiger partial charge >= 0.3 is 0 Å². The zero-order valence-corrected chi connectivity index (χ0v) is 12.1. The normalized spacial score (nSPS) is 10.2. The predicted octanol–water partition coefficient (Wildman–Crippen LogP) is 3.60. The smallest absolute Gasteiger partial charge is 0.257 e. The molecule has 0 aliphatic carbocycles. The van der Waals surface area contributed by atoms with Crippen LogP contribution in [0.5, 0.6) is 0 Å². The second kappa shape index (κ2) is 6.83. The van der Waals surface area contributed by atoms with E-state index in [1.165, 1.54) is 12.1 Å². The van der Waals surface area contributed by atoms with Crippen molar-refractivity contribution in [2.75, 3.05) is 17.2 Å². The molecular weight excluding hydrogens is 269 g/mol. The van der Waals surface area contributed by atoms with E-state index in [2.05, 4.69) is 15.6 Å². The van der Waals surface area contributed by atoms with Crippen molar-refractivity contribution in [3.05, 3.63) is 53.6 Å². The Morgan fingerprint density at radius 2 is 2.10 bits per heavy atom. The lowest BCUT2D eigenvalue weighted by Crippen LogP contribution is -2.16. The number of aryl methyl sites for hydroxylation is 1. The van der Waals surface area contributed by atoms with Gasteiger partial charge in [-0.25, -0.2) is 4.39 Å². The van der Waals surface area contributed by atoms with Crippen molar-refractivity contribution in [1.82, 2.24) is 4.98 Å². The molecule has 2 N–H and O–H groups in total. The molecule has 2 aromatic rings. The van der Waals surface area contributed by atoms with Crippen molar-refractivity contribution in [3.8, 4) is 0 Å². The maximum Gasteiger partial charge on any atom is 0.257 e. The number of hydrogen-bond donors (Lipinski definition) is 2. The number of rotatable bonds is 5. The summed E-state index contributed by atoms with van der Waals surface area (Å²) in [7, 11) is 0. The standard InChI is InChI=1S/C16H18FN3O/c1-3-7-19-15-10-18-8-6-13(15)16(21)20-14-5-4-12(17)9-11(14)2/h4-6,8-10,19H,3,7H2,1-2H3,(H,20,21). The van der Waals surface area contributed by atoms with Crippen LogP contribution in [0.3, 0.4) is 0 Å². The summed E-state index contributed by atoms with van der Waals surface area (Å²) in [6.45, 7) is 4.56. The molecule has 1 aromatic carbocycles. The molecule has 1 aromatic heterocycles. The number of benzene rings is 1. The van der Waals surface area contributed by atoms with Crippen molar-refractivity contribution < 1.29 is 9.18 Å². The third kappa shape index (κ3) is 3.78. The molecule has 0 aliphatic heterocycles. The fourth-order valence-electron chi connectivity index (χ4n) is 1.95. The second-order valence-electron chi connectivity index (χ2n) is 4.76. The number of amides is 1. The Balaban J connectivity index is 2.20. The number of carbonyl (C=O) groups excluding carboxylic acids is 1. The molecule has 0 radical (unpaired) electrons. The molecule has 0 atom stereocenters. The summed E-state index contributed by atoms with van der Waals surface area (Å²) in [5, 5.41) is 5.97. The summed E-state index contributed by atoms with van der Waals surface area (Å²) in [6.07, 6.45) is 4.15. The number of nitrogens with zero attached hydrogens (tertiary/aromatic N) is 1. The molecule has 0 spiro atoms. The molecule has 1 heterocycles. The Labute approximate surface area is 123 Å². The van der Waals surface area contributed by atoms with Crippen molar-refractivity contribution in [2.24, 2.45) is 0 Å². The molecule has 21 heavy (non-hydrogen) atoms. The quantitative estimate of drug-likeness (QED) is 0.883. The number of hydrogen-bond acceptors (Lipinski definition) is 3. The highest BCUT2D eigenvalue weighted by Gasteiger charge is 2.12. The van der Waals surface area contributed by atoms with E-state index >= 15 is 0 Å². The van der Waals surface area contributed by atoms with Gasteiger partial charge < -0.3 is 10.6 Å². The summed E-state index contributed by atoms with van der Waals surface area (Å²) in [6, 6.07) is 5.93. The lowest BCUT2D eigenvalue weighted by atomic mass is 10.1. The van der Waals surface area contributed by atoms with Crippen LogP contribution in [0.4, 0.5) is 15.8 Å². The lowest BCUT2D eigenvalue weighted by molar-refractivity contribution is 0.102. The molecule has 0 bridgehead atoms. The van der Waals surface area contributed by atoms with Gasteiger partial charge in [-0.2, -0.15) is 0 Å². The first-order chi connectivity index (χ1) is 10.1. The van der Waals surface area contributed by atoms with E-state index in [4.69, 9.17) is 0 Å². The number of halogens is 1. The van der Waals surface area contributed by atoms with Crippen LogP contribution in [0.25, 0.3) is 0 Å². The molecule has 5 heteroatoms. The van der Waals surface area contributed by atoms with Crippen LogP contribution >= 0.6 is 0 Å². The van der Waals surface area contributed by atoms with Gasteiger partial charge in [0.2, 0.25) is 0 Å². The largest absolute Gasteiger partial charge is 0.383 e. The number of aromatic nitrogens is 1. The zero-order chi connectivity index (χ0) is 15.2. The molecule has 1 amide bonds. The Morgan fingerprint density at radius 1 is 1.29 bits per heavy atom. The summed E-state index contributed by atoms with van der Waals surface area (Å²) >= 11 is 0. The third-order valence-electron chi connectivity index (χ3n) is 3.07. The van der Waals surface area contributed by atoms with Gasteiger partial charge in [-0.05, 0) is 43.2 Å². The van der Waals surface area contributed by atoms with Crippen LogP contribution in [-0.2, 0) is 0 Å². The maximum absolute atomic E-state index is 13.1. The monoisotopic (exact) mass is 287 g/mol. The van der Waals surface area contributed by atoms with Crippen LogP contribution in [0.15, 0.2) is 36.7 Å². The summed E-state index contributed by atoms with van der Waals surface area (Å²) in [4.78, 5) is 16.4. The molecule has 0 unspecified atom stereocenters. The zero-order valence-electron chi connectivity index (χ0n) is 12.1. The van der Waals surface area contributed by atoms with Gasteiger partial charge in [0, 0.05) is 18.4 Å². The van der Waals surface area contributed by atoms with E-state index in [0.29, 0.717) is 22.5 Å². The molecule has 0 saturated heterocycles. The van der Waals surface area contributed by atoms with Gasteiger partial charge in [0.1, 0.15) is 5.82 Å². The van der Waals surface area contributed by atoms with Gasteiger partial charge in [0.05, 0.1) is 17.4 Å². The number of nitrogens with one attached hydrogen (secondary N) is 2. The third-order valence-corrected chi connectivity index (χ3v) is 3.07. The van der Waals surface area contributed by atoms with Crippen LogP contribution < -0.4 is 10.6 Å². The molecule has 2 rings (SSSR count). The van der Waals surface area contributed by atoms with E-state index in [1.54, 1.807) is 31.5 Å². The fourth-order valence-corrected chi connectivity index (χ4v) is 1.95. The van der Waals surface area contributed by atoms with Gasteiger partial charge in [-0.3, -0.25) is 9.78 Å². The Bertz CT molecular complexity index is 643. The van der Waals surface area contributed by atoms with Crippen molar-refractivity contribution >= 4 is 17.3 Å². The van der Waals surface area contributed by atoms with E-state index in [9.17, 15) is 9.18 Å². The van der Waals surface area contributed by atoms with E-state index in [0.717, 1.165) is 13.0 Å². The van der Waals surface area contributed by atoms with Crippen LogP contribution in [0.1, 0.15) is 29.3 Å². The number of pyridine rings is 1. The maximum atomic E-state index is 13.1. The SMILES string of the molecule is CCCNc1cnccc1C(=O)Nc1ccc(F)cc1C. The topological polar surface area (TPSA) is 54.0 Å². The minimum absolute atomic E-state index is 0.245. The summed E-state index contributed by atoms with van der Waals surface area (Å²) < 4.78 is 13.1. The van der Waals surface area contributed by atoms with E-state index < -0.39 is 0 Å². The van der Waals surface area contributed by atoms with Crippen molar-refractivity contribution in [1.29, 1.82) is 0 Å². The van der Waals surface area contributed by atoms with Crippen molar-refractivity contribution in [3.63, 3.8) is 0 Å². The average Bonchev–Trinajstić information content (AvgIpc) is 2.48. The Hall–Kier alpha value is -2.43. The first-order valence-electron chi connectivity index (χ1n) is 6.87. The Morgan fingerprint density at radius 3 is 2.81 bits per heavy atom. The fraction of sp³-hybridized carbons (Fsp3) is 0.250. The minimum atomic E-state index is -0.320. The molecule has 0 aliphatic rings. The Kier molecular flexibility index (Phi) is 4.87. The van der Waals surface area contributed by atoms with Crippen molar-refractivity contribution in [2.45, 2.75) is 20.3 Å². The lowest BCUT2D eigenvalue weighted by Gasteiger charge is -2.12. The molecule has 4 nitrogen and oxygen atoms in total. The van der Waals surface area contributed by atoms with E-state index in [-0.39, 0.29) is 11.7 Å². The number of carbonyl (C=O) groups is 1. The van der Waals surface area contributed by atoms with Crippen LogP contribution in [0, 0.1) is 12.7 Å². The minimum Gasteiger partial charge on any atom is -0.383 e. The predicted molar refractivity (Wildman–Crippen MR) is 82.1 cm³/mol. The van der Waals surface area contributed by atoms with Gasteiger partial charge in [0.25, 0.3) is 5.91 Å².